The molecule has 1 atom stereocenters. The minimum atomic E-state index is 0.171. The first-order valence-electron chi connectivity index (χ1n) is 8.83. The van der Waals surface area contributed by atoms with E-state index in [1.54, 1.807) is 6.33 Å². The van der Waals surface area contributed by atoms with Gasteiger partial charge in [0.2, 0.25) is 5.91 Å². The molecule has 8 heteroatoms. The zero-order valence-electron chi connectivity index (χ0n) is 14.2. The van der Waals surface area contributed by atoms with E-state index in [0.29, 0.717) is 6.54 Å². The smallest absolute Gasteiger partial charge is 0.236 e. The molecule has 1 N–H and O–H groups in total. The van der Waals surface area contributed by atoms with Crippen molar-refractivity contribution in [1.82, 2.24) is 30.0 Å². The number of aromatic nitrogens is 4. The van der Waals surface area contributed by atoms with E-state index >= 15 is 0 Å². The van der Waals surface area contributed by atoms with Crippen molar-refractivity contribution in [1.29, 1.82) is 0 Å². The van der Waals surface area contributed by atoms with Gasteiger partial charge in [0.15, 0.2) is 0 Å². The molecule has 8 nitrogen and oxygen atoms in total. The molecule has 0 saturated carbocycles. The quantitative estimate of drug-likeness (QED) is 0.838. The summed E-state index contributed by atoms with van der Waals surface area (Å²) in [6.45, 7) is 4.32. The fourth-order valence-electron chi connectivity index (χ4n) is 3.47. The Kier molecular flexibility index (Phi) is 4.60. The van der Waals surface area contributed by atoms with Crippen LogP contribution in [-0.2, 0) is 17.8 Å². The summed E-state index contributed by atoms with van der Waals surface area (Å²) in [6.07, 6.45) is 5.32. The van der Waals surface area contributed by atoms with Crippen molar-refractivity contribution in [3.63, 3.8) is 0 Å². The third-order valence-corrected chi connectivity index (χ3v) is 4.95. The van der Waals surface area contributed by atoms with E-state index in [2.05, 4.69) is 25.3 Å². The molecule has 1 amide bonds. The molecule has 1 fully saturated rings. The van der Waals surface area contributed by atoms with Crippen LogP contribution in [0.25, 0.3) is 0 Å². The topological polar surface area (TPSA) is 79.2 Å². The van der Waals surface area contributed by atoms with Crippen LogP contribution in [0.5, 0.6) is 0 Å². The Morgan fingerprint density at radius 1 is 1.20 bits per heavy atom. The summed E-state index contributed by atoms with van der Waals surface area (Å²) >= 11 is 0. The van der Waals surface area contributed by atoms with Gasteiger partial charge in [-0.15, -0.1) is 0 Å². The van der Waals surface area contributed by atoms with Crippen molar-refractivity contribution in [2.45, 2.75) is 25.4 Å². The van der Waals surface area contributed by atoms with Crippen molar-refractivity contribution in [2.75, 3.05) is 37.6 Å². The number of anilines is 1. The molecule has 0 radical (unpaired) electrons. The fourth-order valence-corrected chi connectivity index (χ4v) is 3.47. The van der Waals surface area contributed by atoms with Crippen molar-refractivity contribution < 1.29 is 4.79 Å². The molecular weight excluding hydrogens is 318 g/mol. The third kappa shape index (κ3) is 3.63. The van der Waals surface area contributed by atoms with Crippen LogP contribution in [0.4, 0.5) is 5.82 Å². The number of carbonyl (C=O) groups is 1. The molecule has 2 aromatic rings. The minimum Gasteiger partial charge on any atom is -0.353 e. The number of fused-ring (bicyclic) bond motifs is 1. The zero-order chi connectivity index (χ0) is 17.1. The average molecular weight is 341 g/mol. The van der Waals surface area contributed by atoms with Crippen molar-refractivity contribution in [2.24, 2.45) is 0 Å². The van der Waals surface area contributed by atoms with E-state index in [-0.39, 0.29) is 11.9 Å². The summed E-state index contributed by atoms with van der Waals surface area (Å²) in [5, 5.41) is 7.61. The highest BCUT2D eigenvalue weighted by Gasteiger charge is 2.24. The largest absolute Gasteiger partial charge is 0.353 e. The van der Waals surface area contributed by atoms with Crippen LogP contribution in [0.2, 0.25) is 0 Å². The number of pyridine rings is 1. The molecule has 1 saturated heterocycles. The second-order valence-corrected chi connectivity index (χ2v) is 6.53. The number of piperazine rings is 1. The van der Waals surface area contributed by atoms with Gasteiger partial charge in [0.05, 0.1) is 13.1 Å². The minimum absolute atomic E-state index is 0.171. The van der Waals surface area contributed by atoms with Crippen LogP contribution in [0.15, 0.2) is 30.7 Å². The number of aryl methyl sites for hydroxylation is 1. The van der Waals surface area contributed by atoms with Crippen molar-refractivity contribution in [3.8, 4) is 0 Å². The maximum atomic E-state index is 12.5. The van der Waals surface area contributed by atoms with Gasteiger partial charge in [-0.2, -0.15) is 5.10 Å². The summed E-state index contributed by atoms with van der Waals surface area (Å²) in [7, 11) is 0. The molecule has 0 aromatic carbocycles. The maximum Gasteiger partial charge on any atom is 0.236 e. The van der Waals surface area contributed by atoms with Gasteiger partial charge >= 0.3 is 0 Å². The molecule has 0 bridgehead atoms. The fraction of sp³-hybridized carbons (Fsp3) is 0.529. The monoisotopic (exact) mass is 341 g/mol. The van der Waals surface area contributed by atoms with Gasteiger partial charge in [0.25, 0.3) is 0 Å². The predicted octanol–water partition coefficient (Wildman–Crippen LogP) is -0.0737. The Labute approximate surface area is 146 Å². The SMILES string of the molecule is O=C(CNC1CCc2ncnn2C1)N1CCN(c2ccccn2)CC1. The third-order valence-electron chi connectivity index (χ3n) is 4.95. The number of hydrogen-bond acceptors (Lipinski definition) is 6. The van der Waals surface area contributed by atoms with E-state index in [4.69, 9.17) is 0 Å². The van der Waals surface area contributed by atoms with E-state index < -0.39 is 0 Å². The van der Waals surface area contributed by atoms with E-state index in [1.807, 2.05) is 34.0 Å². The molecule has 2 aliphatic heterocycles. The van der Waals surface area contributed by atoms with Gasteiger partial charge in [-0.05, 0) is 18.6 Å². The first-order chi connectivity index (χ1) is 12.3. The number of rotatable bonds is 4. The Morgan fingerprint density at radius 2 is 2.08 bits per heavy atom. The molecule has 25 heavy (non-hydrogen) atoms. The van der Waals surface area contributed by atoms with Crippen LogP contribution >= 0.6 is 0 Å². The molecule has 2 aromatic heterocycles. The van der Waals surface area contributed by atoms with Crippen LogP contribution in [0.1, 0.15) is 12.2 Å². The first-order valence-corrected chi connectivity index (χ1v) is 8.83. The van der Waals surface area contributed by atoms with Crippen LogP contribution in [-0.4, -0.2) is 69.3 Å². The van der Waals surface area contributed by atoms with Crippen LogP contribution in [0.3, 0.4) is 0 Å². The lowest BCUT2D eigenvalue weighted by Crippen LogP contribution is -2.52. The molecule has 2 aliphatic rings. The van der Waals surface area contributed by atoms with E-state index in [1.165, 1.54) is 0 Å². The molecular formula is C17H23N7O. The highest BCUT2D eigenvalue weighted by molar-refractivity contribution is 5.78. The first kappa shape index (κ1) is 16.0. The van der Waals surface area contributed by atoms with Crippen molar-refractivity contribution >= 4 is 11.7 Å². The summed E-state index contributed by atoms with van der Waals surface area (Å²) in [4.78, 5) is 25.3. The van der Waals surface area contributed by atoms with Crippen LogP contribution in [0, 0.1) is 0 Å². The second-order valence-electron chi connectivity index (χ2n) is 6.53. The number of amides is 1. The lowest BCUT2D eigenvalue weighted by atomic mass is 10.1. The highest BCUT2D eigenvalue weighted by Crippen LogP contribution is 2.13. The Balaban J connectivity index is 1.23. The van der Waals surface area contributed by atoms with Gasteiger partial charge in [-0.1, -0.05) is 6.07 Å². The van der Waals surface area contributed by atoms with E-state index in [0.717, 1.165) is 57.2 Å². The summed E-state index contributed by atoms with van der Waals surface area (Å²) < 4.78 is 1.93. The van der Waals surface area contributed by atoms with Gasteiger partial charge in [-0.25, -0.2) is 14.6 Å². The average Bonchev–Trinajstić information content (AvgIpc) is 3.15. The molecule has 132 valence electrons. The number of nitrogens with zero attached hydrogens (tertiary/aromatic N) is 6. The maximum absolute atomic E-state index is 12.5. The lowest BCUT2D eigenvalue weighted by Gasteiger charge is -2.35. The van der Waals surface area contributed by atoms with Gasteiger partial charge in [0.1, 0.15) is 18.0 Å². The molecule has 4 heterocycles. The Bertz CT molecular complexity index is 709. The Hall–Kier alpha value is -2.48. The predicted molar refractivity (Wildman–Crippen MR) is 93.2 cm³/mol. The molecule has 0 aliphatic carbocycles. The zero-order valence-corrected chi connectivity index (χ0v) is 14.2. The number of carbonyl (C=O) groups excluding carboxylic acids is 1. The van der Waals surface area contributed by atoms with Crippen LogP contribution < -0.4 is 10.2 Å². The molecule has 4 rings (SSSR count). The van der Waals surface area contributed by atoms with Gasteiger partial charge < -0.3 is 15.1 Å². The lowest BCUT2D eigenvalue weighted by molar-refractivity contribution is -0.130. The summed E-state index contributed by atoms with van der Waals surface area (Å²) in [6, 6.07) is 6.21. The number of hydrogen-bond donors (Lipinski definition) is 1. The standard InChI is InChI=1S/C17H23N7O/c25-17(11-19-14-4-5-16-20-13-21-24(16)12-14)23-9-7-22(8-10-23)15-3-1-2-6-18-15/h1-3,6,13-14,19H,4-5,7-12H2. The molecule has 0 spiro atoms. The summed E-state index contributed by atoms with van der Waals surface area (Å²) in [5.41, 5.74) is 0. The van der Waals surface area contributed by atoms with E-state index in [9.17, 15) is 4.79 Å². The van der Waals surface area contributed by atoms with Gasteiger partial charge in [-0.3, -0.25) is 4.79 Å². The highest BCUT2D eigenvalue weighted by atomic mass is 16.2. The van der Waals surface area contributed by atoms with Gasteiger partial charge in [0, 0.05) is 44.8 Å². The number of nitrogens with one attached hydrogen (secondary N) is 1. The second kappa shape index (κ2) is 7.18. The normalized spacial score (nSPS) is 20.4. The Morgan fingerprint density at radius 3 is 2.88 bits per heavy atom. The van der Waals surface area contributed by atoms with Crippen molar-refractivity contribution in [3.05, 3.63) is 36.5 Å². The summed E-state index contributed by atoms with van der Waals surface area (Å²) in [5.74, 6) is 2.19. The molecule has 1 unspecified atom stereocenters.